The maximum absolute atomic E-state index is 11.7. The molecule has 0 aliphatic carbocycles. The summed E-state index contributed by atoms with van der Waals surface area (Å²) in [5.74, 6) is -0.295. The molecule has 6 heteroatoms. The SMILES string of the molecule is COc1cccc(C(=O)NCC(N)=O)c1OC. The molecular weight excluding hydrogens is 224 g/mol. The van der Waals surface area contributed by atoms with Crippen LogP contribution in [0.4, 0.5) is 0 Å². The van der Waals surface area contributed by atoms with Crippen LogP contribution in [0.2, 0.25) is 0 Å². The molecule has 1 aromatic rings. The van der Waals surface area contributed by atoms with Gasteiger partial charge in [0.25, 0.3) is 5.91 Å². The first-order valence-corrected chi connectivity index (χ1v) is 4.87. The number of amides is 2. The summed E-state index contributed by atoms with van der Waals surface area (Å²) in [6.45, 7) is -0.223. The number of rotatable bonds is 5. The van der Waals surface area contributed by atoms with Gasteiger partial charge in [0.1, 0.15) is 0 Å². The second-order valence-corrected chi connectivity index (χ2v) is 3.19. The van der Waals surface area contributed by atoms with Crippen LogP contribution >= 0.6 is 0 Å². The first-order valence-electron chi connectivity index (χ1n) is 4.87. The van der Waals surface area contributed by atoms with E-state index in [1.807, 2.05) is 0 Å². The molecule has 92 valence electrons. The van der Waals surface area contributed by atoms with Gasteiger partial charge in [-0.2, -0.15) is 0 Å². The Balaban J connectivity index is 2.96. The summed E-state index contributed by atoms with van der Waals surface area (Å²) in [4.78, 5) is 22.3. The van der Waals surface area contributed by atoms with Crippen LogP contribution in [0, 0.1) is 0 Å². The molecule has 6 nitrogen and oxygen atoms in total. The summed E-state index contributed by atoms with van der Waals surface area (Å²) in [7, 11) is 2.91. The lowest BCUT2D eigenvalue weighted by Gasteiger charge is -2.11. The van der Waals surface area contributed by atoms with Gasteiger partial charge in [-0.25, -0.2) is 0 Å². The number of methoxy groups -OCH3 is 2. The molecule has 0 saturated carbocycles. The van der Waals surface area contributed by atoms with Crippen LogP contribution in [0.15, 0.2) is 18.2 Å². The lowest BCUT2D eigenvalue weighted by molar-refractivity contribution is -0.117. The third-order valence-electron chi connectivity index (χ3n) is 2.07. The van der Waals surface area contributed by atoms with Crippen LogP contribution in [-0.2, 0) is 4.79 Å². The Morgan fingerprint density at radius 3 is 2.53 bits per heavy atom. The summed E-state index contributed by atoms with van der Waals surface area (Å²) in [5.41, 5.74) is 5.22. The predicted molar refractivity (Wildman–Crippen MR) is 61.1 cm³/mol. The maximum atomic E-state index is 11.7. The fourth-order valence-corrected chi connectivity index (χ4v) is 1.33. The number of primary amides is 1. The number of carbonyl (C=O) groups is 2. The Kier molecular flexibility index (Phi) is 4.33. The van der Waals surface area contributed by atoms with Crippen LogP contribution in [0.3, 0.4) is 0 Å². The van der Waals surface area contributed by atoms with E-state index in [0.717, 1.165) is 0 Å². The number of carbonyl (C=O) groups excluding carboxylic acids is 2. The molecule has 0 saturated heterocycles. The lowest BCUT2D eigenvalue weighted by Crippen LogP contribution is -2.33. The highest BCUT2D eigenvalue weighted by Crippen LogP contribution is 2.30. The minimum Gasteiger partial charge on any atom is -0.493 e. The van der Waals surface area contributed by atoms with Crippen molar-refractivity contribution < 1.29 is 19.1 Å². The van der Waals surface area contributed by atoms with E-state index in [2.05, 4.69) is 5.32 Å². The fraction of sp³-hybridized carbons (Fsp3) is 0.273. The first kappa shape index (κ1) is 12.8. The summed E-state index contributed by atoms with van der Waals surface area (Å²) in [6.07, 6.45) is 0. The van der Waals surface area contributed by atoms with Gasteiger partial charge in [-0.1, -0.05) is 6.07 Å². The average molecular weight is 238 g/mol. The molecule has 0 fully saturated rings. The molecule has 0 aliphatic heterocycles. The summed E-state index contributed by atoms with van der Waals surface area (Å²) in [5, 5.41) is 2.38. The predicted octanol–water partition coefficient (Wildman–Crippen LogP) is -0.0811. The van der Waals surface area contributed by atoms with Gasteiger partial charge >= 0.3 is 0 Å². The third kappa shape index (κ3) is 3.10. The molecule has 2 amide bonds. The fourth-order valence-electron chi connectivity index (χ4n) is 1.33. The normalized spacial score (nSPS) is 9.53. The highest BCUT2D eigenvalue weighted by Gasteiger charge is 2.16. The Bertz CT molecular complexity index is 431. The largest absolute Gasteiger partial charge is 0.493 e. The van der Waals surface area contributed by atoms with E-state index in [4.69, 9.17) is 15.2 Å². The quantitative estimate of drug-likeness (QED) is 0.750. The van der Waals surface area contributed by atoms with Crippen molar-refractivity contribution in [1.29, 1.82) is 0 Å². The summed E-state index contributed by atoms with van der Waals surface area (Å²) in [6, 6.07) is 4.89. The van der Waals surface area contributed by atoms with Crippen molar-refractivity contribution in [3.8, 4) is 11.5 Å². The number of nitrogens with one attached hydrogen (secondary N) is 1. The highest BCUT2D eigenvalue weighted by atomic mass is 16.5. The molecule has 3 N–H and O–H groups in total. The van der Waals surface area contributed by atoms with Crippen LogP contribution < -0.4 is 20.5 Å². The van der Waals surface area contributed by atoms with E-state index < -0.39 is 11.8 Å². The standard InChI is InChI=1S/C11H14N2O4/c1-16-8-5-3-4-7(10(8)17-2)11(15)13-6-9(12)14/h3-5H,6H2,1-2H3,(H2,12,14)(H,13,15). The monoisotopic (exact) mass is 238 g/mol. The average Bonchev–Trinajstić information content (AvgIpc) is 2.34. The van der Waals surface area contributed by atoms with Gasteiger partial charge < -0.3 is 20.5 Å². The van der Waals surface area contributed by atoms with Crippen LogP contribution in [0.5, 0.6) is 11.5 Å². The van der Waals surface area contributed by atoms with Gasteiger partial charge in [0.05, 0.1) is 26.3 Å². The number of hydrogen-bond donors (Lipinski definition) is 2. The smallest absolute Gasteiger partial charge is 0.255 e. The number of benzene rings is 1. The second kappa shape index (κ2) is 5.74. The van der Waals surface area contributed by atoms with Gasteiger partial charge in [0.2, 0.25) is 5.91 Å². The minimum atomic E-state index is -0.611. The Hall–Kier alpha value is -2.24. The van der Waals surface area contributed by atoms with Gasteiger partial charge in [0, 0.05) is 0 Å². The zero-order chi connectivity index (χ0) is 12.8. The zero-order valence-electron chi connectivity index (χ0n) is 9.65. The van der Waals surface area contributed by atoms with E-state index in [0.29, 0.717) is 11.5 Å². The molecule has 0 aliphatic rings. The van der Waals surface area contributed by atoms with E-state index in [1.165, 1.54) is 14.2 Å². The van der Waals surface area contributed by atoms with Gasteiger partial charge in [-0.05, 0) is 12.1 Å². The van der Waals surface area contributed by atoms with E-state index >= 15 is 0 Å². The summed E-state index contributed by atoms with van der Waals surface area (Å²) >= 11 is 0. The molecule has 0 aromatic heterocycles. The van der Waals surface area contributed by atoms with Crippen molar-refractivity contribution in [3.63, 3.8) is 0 Å². The zero-order valence-corrected chi connectivity index (χ0v) is 9.65. The number of nitrogens with two attached hydrogens (primary N) is 1. The van der Waals surface area contributed by atoms with Crippen LogP contribution in [0.1, 0.15) is 10.4 Å². The Morgan fingerprint density at radius 1 is 1.29 bits per heavy atom. The molecule has 0 radical (unpaired) electrons. The van der Waals surface area contributed by atoms with Crippen molar-refractivity contribution in [2.24, 2.45) is 5.73 Å². The van der Waals surface area contributed by atoms with Crippen molar-refractivity contribution >= 4 is 11.8 Å². The number of hydrogen-bond acceptors (Lipinski definition) is 4. The Morgan fingerprint density at radius 2 is 2.00 bits per heavy atom. The molecule has 0 atom stereocenters. The molecule has 0 unspecified atom stereocenters. The topological polar surface area (TPSA) is 90.6 Å². The van der Waals surface area contributed by atoms with E-state index in [-0.39, 0.29) is 12.1 Å². The lowest BCUT2D eigenvalue weighted by atomic mass is 10.1. The van der Waals surface area contributed by atoms with Crippen LogP contribution in [0.25, 0.3) is 0 Å². The van der Waals surface area contributed by atoms with Gasteiger partial charge in [0.15, 0.2) is 11.5 Å². The van der Waals surface area contributed by atoms with Crippen molar-refractivity contribution in [3.05, 3.63) is 23.8 Å². The molecule has 17 heavy (non-hydrogen) atoms. The van der Waals surface area contributed by atoms with E-state index in [1.54, 1.807) is 18.2 Å². The third-order valence-corrected chi connectivity index (χ3v) is 2.07. The molecule has 0 bridgehead atoms. The first-order chi connectivity index (χ1) is 8.10. The second-order valence-electron chi connectivity index (χ2n) is 3.19. The van der Waals surface area contributed by atoms with Crippen molar-refractivity contribution in [1.82, 2.24) is 5.32 Å². The molecular formula is C11H14N2O4. The van der Waals surface area contributed by atoms with Crippen LogP contribution in [-0.4, -0.2) is 32.6 Å². The van der Waals surface area contributed by atoms with E-state index in [9.17, 15) is 9.59 Å². The van der Waals surface area contributed by atoms with Crippen molar-refractivity contribution in [2.75, 3.05) is 20.8 Å². The van der Waals surface area contributed by atoms with Gasteiger partial charge in [-0.15, -0.1) is 0 Å². The van der Waals surface area contributed by atoms with Gasteiger partial charge in [-0.3, -0.25) is 9.59 Å². The van der Waals surface area contributed by atoms with Crippen molar-refractivity contribution in [2.45, 2.75) is 0 Å². The maximum Gasteiger partial charge on any atom is 0.255 e. The number of para-hydroxylation sites is 1. The highest BCUT2D eigenvalue weighted by molar-refractivity contribution is 5.99. The molecule has 0 heterocycles. The number of ether oxygens (including phenoxy) is 2. The molecule has 1 aromatic carbocycles. The Labute approximate surface area is 98.7 Å². The minimum absolute atomic E-state index is 0.223. The molecule has 1 rings (SSSR count). The molecule has 0 spiro atoms. The summed E-state index contributed by atoms with van der Waals surface area (Å²) < 4.78 is 10.1.